The van der Waals surface area contributed by atoms with Gasteiger partial charge >= 0.3 is 0 Å². The van der Waals surface area contributed by atoms with E-state index >= 15 is 4.39 Å². The largest absolute Gasteiger partial charge is 0.452 e. The second-order valence-electron chi connectivity index (χ2n) is 16.7. The van der Waals surface area contributed by atoms with E-state index in [2.05, 4.69) is 15.0 Å². The van der Waals surface area contributed by atoms with Crippen molar-refractivity contribution in [3.05, 3.63) is 233 Å². The van der Waals surface area contributed by atoms with Gasteiger partial charge in [-0.15, -0.1) is 0 Å². The second kappa shape index (κ2) is 19.1. The molecule has 4 aromatic heterocycles. The lowest BCUT2D eigenvalue weighted by atomic mass is 9.85. The van der Waals surface area contributed by atoms with E-state index in [0.29, 0.717) is 27.9 Å². The molecule has 0 bridgehead atoms. The van der Waals surface area contributed by atoms with E-state index in [9.17, 15) is 19.2 Å². The van der Waals surface area contributed by atoms with Crippen LogP contribution in [0.5, 0.6) is 0 Å². The quantitative estimate of drug-likeness (QED) is 0.109. The first kappa shape index (κ1) is 26.6. The summed E-state index contributed by atoms with van der Waals surface area (Å²) in [6, 6.07) is 31.5. The smallest absolute Gasteiger partial charge is 0.174 e. The SMILES string of the molecule is [2H]c1c([2H])c([2H])c(-c2ccc3c(oc4c(-c5cc(C([2H])([2H])C(C)(C)C)c(C([2H])([2H])C([2H])([2H])c6cc(C([2H])([2H])C([2H])([2H])c7ccc(-c8ccccc8)nc7)cc(C([2H])([2H])C([2H])([2H])c7ccc(-c8ccccc8)nc7)c6)cn5)cccc43)c2F)c([2H])c1[2H]. The zero-order chi connectivity index (χ0) is 62.6. The van der Waals surface area contributed by atoms with E-state index in [1.807, 2.05) is 0 Å². The van der Waals surface area contributed by atoms with Gasteiger partial charge < -0.3 is 4.42 Å². The van der Waals surface area contributed by atoms with Crippen LogP contribution in [-0.4, -0.2) is 15.0 Å². The number of aromatic nitrogens is 3. The summed E-state index contributed by atoms with van der Waals surface area (Å²) in [6.45, 7) is 4.61. The molecule has 6 aromatic carbocycles. The number of furan rings is 1. The van der Waals surface area contributed by atoms with Gasteiger partial charge in [-0.3, -0.25) is 15.0 Å². The maximum atomic E-state index is 16.8. The summed E-state index contributed by atoms with van der Waals surface area (Å²) in [6.07, 6.45) is -18.7. The third-order valence-corrected chi connectivity index (χ3v) is 10.7. The molecule has 4 heterocycles. The fourth-order valence-electron chi connectivity index (χ4n) is 7.59. The summed E-state index contributed by atoms with van der Waals surface area (Å²) >= 11 is 0. The van der Waals surface area contributed by atoms with Gasteiger partial charge in [0, 0.05) is 70.8 Å². The van der Waals surface area contributed by atoms with Gasteiger partial charge in [-0.1, -0.05) is 160 Å². The number of para-hydroxylation sites is 1. The molecule has 0 aliphatic rings. The average Bonchev–Trinajstić information content (AvgIpc) is 1.01. The van der Waals surface area contributed by atoms with E-state index in [1.165, 1.54) is 69.3 Å². The van der Waals surface area contributed by atoms with Crippen LogP contribution in [0.15, 0.2) is 193 Å². The normalized spacial score (nSPS) is 17.3. The van der Waals surface area contributed by atoms with E-state index in [4.69, 9.17) is 11.3 Å². The molecular formula is C62H54FN3O. The molecule has 67 heavy (non-hydrogen) atoms. The molecule has 0 saturated carbocycles. The van der Waals surface area contributed by atoms with Gasteiger partial charge in [0.25, 0.3) is 0 Å². The highest BCUT2D eigenvalue weighted by Crippen LogP contribution is 2.40. The van der Waals surface area contributed by atoms with Crippen LogP contribution in [0.25, 0.3) is 66.8 Å². The summed E-state index contributed by atoms with van der Waals surface area (Å²) in [7, 11) is 0. The molecule has 5 heteroatoms. The van der Waals surface area contributed by atoms with Crippen LogP contribution in [0.1, 0.15) is 85.8 Å². The van der Waals surface area contributed by atoms with Gasteiger partial charge in [-0.2, -0.15) is 0 Å². The van der Waals surface area contributed by atoms with E-state index in [-0.39, 0.29) is 44.5 Å². The minimum Gasteiger partial charge on any atom is -0.452 e. The first-order chi connectivity index (χ1) is 40.1. The van der Waals surface area contributed by atoms with Gasteiger partial charge in [0.2, 0.25) is 0 Å². The number of nitrogens with zero attached hydrogens (tertiary/aromatic N) is 3. The number of pyridine rings is 3. The Hall–Kier alpha value is -7.50. The van der Waals surface area contributed by atoms with E-state index in [1.54, 1.807) is 72.8 Å². The van der Waals surface area contributed by atoms with Crippen molar-refractivity contribution in [3.63, 3.8) is 0 Å². The van der Waals surface area contributed by atoms with Crippen LogP contribution in [0.2, 0.25) is 0 Å². The Balaban J connectivity index is 1.13. The fraction of sp³-hybridized carbons (Fsp3) is 0.177. The minimum absolute atomic E-state index is 0.0129. The van der Waals surface area contributed by atoms with Gasteiger partial charge in [0.05, 0.1) is 23.9 Å². The molecule has 0 aliphatic heterocycles. The van der Waals surface area contributed by atoms with Crippen molar-refractivity contribution >= 4 is 21.9 Å². The monoisotopic (exact) mass is 895 g/mol. The van der Waals surface area contributed by atoms with Crippen molar-refractivity contribution in [3.8, 4) is 44.9 Å². The van der Waals surface area contributed by atoms with Crippen molar-refractivity contribution in [2.45, 2.75) is 65.4 Å². The first-order valence-corrected chi connectivity index (χ1v) is 21.5. The Kier molecular flexibility index (Phi) is 7.60. The summed E-state index contributed by atoms with van der Waals surface area (Å²) < 4.78 is 199. The molecule has 10 aromatic rings. The summed E-state index contributed by atoms with van der Waals surface area (Å²) in [5.41, 5.74) is -3.84. The van der Waals surface area contributed by atoms with Crippen LogP contribution >= 0.6 is 0 Å². The molecule has 0 N–H and O–H groups in total. The molecule has 330 valence electrons. The first-order valence-electron chi connectivity index (χ1n) is 31.0. The number of hydrogen-bond acceptors (Lipinski definition) is 4. The molecule has 0 unspecified atom stereocenters. The van der Waals surface area contributed by atoms with Crippen LogP contribution in [0, 0.1) is 11.2 Å². The Morgan fingerprint density at radius 1 is 0.478 bits per heavy atom. The van der Waals surface area contributed by atoms with Gasteiger partial charge in [0.1, 0.15) is 5.58 Å². The summed E-state index contributed by atoms with van der Waals surface area (Å²) in [5, 5.41) is 0.542. The number of benzene rings is 6. The third kappa shape index (κ3) is 10.0. The Morgan fingerprint density at radius 3 is 1.60 bits per heavy atom. The molecule has 0 aliphatic carbocycles. The summed E-state index contributed by atoms with van der Waals surface area (Å²) in [4.78, 5) is 13.4. The van der Waals surface area contributed by atoms with Crippen molar-refractivity contribution < 1.29 is 34.9 Å². The minimum atomic E-state index is -3.44. The van der Waals surface area contributed by atoms with E-state index < -0.39 is 119 Å². The predicted octanol–water partition coefficient (Wildman–Crippen LogP) is 15.5. The highest BCUT2D eigenvalue weighted by Gasteiger charge is 2.21. The zero-order valence-corrected chi connectivity index (χ0v) is 36.6. The summed E-state index contributed by atoms with van der Waals surface area (Å²) in [5.74, 6) is -1.05. The molecule has 4 nitrogen and oxygen atoms in total. The molecule has 0 radical (unpaired) electrons. The molecule has 0 amide bonds. The number of aryl methyl sites for hydroxylation is 6. The molecule has 0 atom stereocenters. The molecular weight excluding hydrogens is 822 g/mol. The number of hydrogen-bond donors (Lipinski definition) is 0. The predicted molar refractivity (Wildman–Crippen MR) is 274 cm³/mol. The van der Waals surface area contributed by atoms with Crippen LogP contribution in [0.3, 0.4) is 0 Å². The number of halogens is 1. The van der Waals surface area contributed by atoms with Crippen LogP contribution in [0.4, 0.5) is 4.39 Å². The highest BCUT2D eigenvalue weighted by molar-refractivity contribution is 6.10. The number of fused-ring (bicyclic) bond motifs is 3. The van der Waals surface area contributed by atoms with E-state index in [0.717, 1.165) is 36.8 Å². The fourth-order valence-corrected chi connectivity index (χ4v) is 7.59. The molecule has 0 spiro atoms. The second-order valence-corrected chi connectivity index (χ2v) is 16.7. The van der Waals surface area contributed by atoms with Crippen LogP contribution < -0.4 is 0 Å². The van der Waals surface area contributed by atoms with Crippen molar-refractivity contribution in [2.24, 2.45) is 5.41 Å². The maximum absolute atomic E-state index is 16.8. The van der Waals surface area contributed by atoms with Gasteiger partial charge in [-0.05, 0) is 125 Å². The van der Waals surface area contributed by atoms with Crippen molar-refractivity contribution in [1.82, 2.24) is 15.0 Å². The Bertz CT molecular complexity index is 4110. The van der Waals surface area contributed by atoms with Gasteiger partial charge in [0.15, 0.2) is 11.4 Å². The van der Waals surface area contributed by atoms with Crippen molar-refractivity contribution in [1.29, 1.82) is 0 Å². The third-order valence-electron chi connectivity index (χ3n) is 10.7. The van der Waals surface area contributed by atoms with Gasteiger partial charge in [-0.25, -0.2) is 4.39 Å². The molecule has 0 saturated heterocycles. The lowest BCUT2D eigenvalue weighted by molar-refractivity contribution is 0.409. The average molecular weight is 895 g/mol. The molecule has 0 fully saturated rings. The van der Waals surface area contributed by atoms with Crippen LogP contribution in [-0.2, 0) is 44.6 Å². The Labute approximate surface area is 420 Å². The zero-order valence-electron chi connectivity index (χ0n) is 55.6. The lowest BCUT2D eigenvalue weighted by Crippen LogP contribution is -2.12. The molecule has 10 rings (SSSR count). The van der Waals surface area contributed by atoms with Crippen molar-refractivity contribution in [2.75, 3.05) is 0 Å². The maximum Gasteiger partial charge on any atom is 0.174 e. The topological polar surface area (TPSA) is 51.8 Å². The Morgan fingerprint density at radius 2 is 1.03 bits per heavy atom. The number of rotatable bonds is 14. The highest BCUT2D eigenvalue weighted by atomic mass is 19.1. The standard InChI is InChI=1S/C62H54FN3O/c1-62(2,3)38-51-37-58(55-21-13-20-53-54-31-30-52(47-14-7-4-8-15-47)59(63)61(54)67-60(53)55)66-41-50(51)29-26-46-35-44(24-22-42-27-32-56(64-39-42)48-16-9-5-10-17-48)34-45(36-46)25-23-43-28-33-57(65-40-43)49-18-11-6-12-19-49/h4-21,27-28,30-37,39-41H,22-26,29,38H2,1-3H3/i4D,7D,8D,14D,15D,22D2,23D2,24D2,25D2,26D2,29D2,38D2. The lowest BCUT2D eigenvalue weighted by Gasteiger charge is -2.21.